The van der Waals surface area contributed by atoms with Crippen molar-refractivity contribution in [3.63, 3.8) is 0 Å². The number of aryl methyl sites for hydroxylation is 1. The van der Waals surface area contributed by atoms with Crippen molar-refractivity contribution < 1.29 is 0 Å². The van der Waals surface area contributed by atoms with Crippen molar-refractivity contribution in [2.24, 2.45) is 11.7 Å². The van der Waals surface area contributed by atoms with Gasteiger partial charge in [0.1, 0.15) is 0 Å². The average Bonchev–Trinajstić information content (AvgIpc) is 2.22. The quantitative estimate of drug-likeness (QED) is 0.782. The van der Waals surface area contributed by atoms with Crippen molar-refractivity contribution in [3.8, 4) is 0 Å². The first kappa shape index (κ1) is 12.3. The zero-order chi connectivity index (χ0) is 11.3. The molecule has 0 amide bonds. The second-order valence-electron chi connectivity index (χ2n) is 4.46. The Bertz CT molecular complexity index is 293. The summed E-state index contributed by atoms with van der Waals surface area (Å²) in [6.07, 6.45) is 2.50. The molecule has 84 valence electrons. The van der Waals surface area contributed by atoms with E-state index in [1.165, 1.54) is 24.0 Å². The van der Waals surface area contributed by atoms with E-state index < -0.39 is 0 Å². The highest BCUT2D eigenvalue weighted by molar-refractivity contribution is 5.29. The molecular formula is C14H23N. The maximum absolute atomic E-state index is 5.90. The number of rotatable bonds is 5. The lowest BCUT2D eigenvalue weighted by molar-refractivity contribution is 0.428. The highest BCUT2D eigenvalue weighted by Gasteiger charge is 2.18. The van der Waals surface area contributed by atoms with Crippen molar-refractivity contribution in [2.75, 3.05) is 6.54 Å². The van der Waals surface area contributed by atoms with Gasteiger partial charge in [-0.3, -0.25) is 0 Å². The Labute approximate surface area is 93.7 Å². The lowest BCUT2D eigenvalue weighted by atomic mass is 9.83. The van der Waals surface area contributed by atoms with E-state index in [1.807, 2.05) is 0 Å². The van der Waals surface area contributed by atoms with Crippen LogP contribution in [0.25, 0.3) is 0 Å². The standard InChI is InChI=1S/C14H23N/c1-4-7-11(2)14(10-15)13-9-6-5-8-12(13)3/h5-6,8-9,11,14H,4,7,10,15H2,1-3H3. The summed E-state index contributed by atoms with van der Waals surface area (Å²) in [7, 11) is 0. The minimum atomic E-state index is 0.520. The first-order chi connectivity index (χ1) is 7.20. The van der Waals surface area contributed by atoms with Gasteiger partial charge in [-0.25, -0.2) is 0 Å². The van der Waals surface area contributed by atoms with E-state index in [0.29, 0.717) is 11.8 Å². The topological polar surface area (TPSA) is 26.0 Å². The molecule has 0 aliphatic rings. The molecule has 15 heavy (non-hydrogen) atoms. The van der Waals surface area contributed by atoms with Crippen LogP contribution in [-0.4, -0.2) is 6.54 Å². The van der Waals surface area contributed by atoms with E-state index in [4.69, 9.17) is 5.73 Å². The molecule has 0 saturated carbocycles. The van der Waals surface area contributed by atoms with Crippen molar-refractivity contribution in [2.45, 2.75) is 39.5 Å². The second-order valence-corrected chi connectivity index (χ2v) is 4.46. The van der Waals surface area contributed by atoms with Crippen LogP contribution in [0.4, 0.5) is 0 Å². The van der Waals surface area contributed by atoms with Crippen LogP contribution < -0.4 is 5.73 Å². The largest absolute Gasteiger partial charge is 0.330 e. The van der Waals surface area contributed by atoms with Crippen LogP contribution in [0.1, 0.15) is 43.7 Å². The summed E-state index contributed by atoms with van der Waals surface area (Å²) in [4.78, 5) is 0. The number of nitrogens with two attached hydrogens (primary N) is 1. The van der Waals surface area contributed by atoms with Gasteiger partial charge in [-0.05, 0) is 36.4 Å². The molecule has 0 aromatic heterocycles. The predicted molar refractivity (Wildman–Crippen MR) is 67.0 cm³/mol. The van der Waals surface area contributed by atoms with Gasteiger partial charge in [0.2, 0.25) is 0 Å². The van der Waals surface area contributed by atoms with E-state index in [2.05, 4.69) is 45.0 Å². The summed E-state index contributed by atoms with van der Waals surface area (Å²) in [5, 5.41) is 0. The van der Waals surface area contributed by atoms with Gasteiger partial charge in [-0.2, -0.15) is 0 Å². The third-order valence-corrected chi connectivity index (χ3v) is 3.27. The Kier molecular flexibility index (Phi) is 4.83. The first-order valence-corrected chi connectivity index (χ1v) is 5.96. The summed E-state index contributed by atoms with van der Waals surface area (Å²) in [5.41, 5.74) is 8.71. The molecular weight excluding hydrogens is 182 g/mol. The maximum Gasteiger partial charge on any atom is -0.000557 e. The Balaban J connectivity index is 2.87. The molecule has 0 saturated heterocycles. The van der Waals surface area contributed by atoms with Gasteiger partial charge in [0.05, 0.1) is 0 Å². The van der Waals surface area contributed by atoms with Gasteiger partial charge in [0, 0.05) is 0 Å². The van der Waals surface area contributed by atoms with E-state index >= 15 is 0 Å². The van der Waals surface area contributed by atoms with Crippen molar-refractivity contribution in [1.29, 1.82) is 0 Å². The maximum atomic E-state index is 5.90. The lowest BCUT2D eigenvalue weighted by Gasteiger charge is -2.24. The molecule has 2 unspecified atom stereocenters. The van der Waals surface area contributed by atoms with Gasteiger partial charge in [-0.15, -0.1) is 0 Å². The van der Waals surface area contributed by atoms with E-state index in [1.54, 1.807) is 0 Å². The van der Waals surface area contributed by atoms with E-state index in [-0.39, 0.29) is 0 Å². The molecule has 0 spiro atoms. The SMILES string of the molecule is CCCC(C)C(CN)c1ccccc1C. The van der Waals surface area contributed by atoms with Crippen LogP contribution in [0.15, 0.2) is 24.3 Å². The number of benzene rings is 1. The van der Waals surface area contributed by atoms with Crippen LogP contribution >= 0.6 is 0 Å². The fourth-order valence-corrected chi connectivity index (χ4v) is 2.33. The summed E-state index contributed by atoms with van der Waals surface area (Å²) in [6.45, 7) is 7.48. The normalized spacial score (nSPS) is 14.9. The third-order valence-electron chi connectivity index (χ3n) is 3.27. The summed E-state index contributed by atoms with van der Waals surface area (Å²) in [6, 6.07) is 8.61. The van der Waals surface area contributed by atoms with Crippen molar-refractivity contribution in [1.82, 2.24) is 0 Å². The molecule has 0 heterocycles. The van der Waals surface area contributed by atoms with Gasteiger partial charge >= 0.3 is 0 Å². The summed E-state index contributed by atoms with van der Waals surface area (Å²) < 4.78 is 0. The van der Waals surface area contributed by atoms with Crippen LogP contribution in [0.3, 0.4) is 0 Å². The highest BCUT2D eigenvalue weighted by Crippen LogP contribution is 2.28. The average molecular weight is 205 g/mol. The summed E-state index contributed by atoms with van der Waals surface area (Å²) >= 11 is 0. The molecule has 2 N–H and O–H groups in total. The Morgan fingerprint density at radius 3 is 2.47 bits per heavy atom. The second kappa shape index (κ2) is 5.92. The molecule has 1 heteroatoms. The highest BCUT2D eigenvalue weighted by atomic mass is 14.6. The Hall–Kier alpha value is -0.820. The molecule has 0 aliphatic heterocycles. The predicted octanol–water partition coefficient (Wildman–Crippen LogP) is 3.47. The van der Waals surface area contributed by atoms with Crippen LogP contribution in [0.2, 0.25) is 0 Å². The Morgan fingerprint density at radius 2 is 1.93 bits per heavy atom. The number of hydrogen-bond donors (Lipinski definition) is 1. The minimum Gasteiger partial charge on any atom is -0.330 e. The van der Waals surface area contributed by atoms with E-state index in [9.17, 15) is 0 Å². The fraction of sp³-hybridized carbons (Fsp3) is 0.571. The van der Waals surface area contributed by atoms with Crippen LogP contribution in [-0.2, 0) is 0 Å². The molecule has 0 bridgehead atoms. The zero-order valence-corrected chi connectivity index (χ0v) is 10.2. The Morgan fingerprint density at radius 1 is 1.27 bits per heavy atom. The smallest absolute Gasteiger partial charge is 0.000557 e. The molecule has 1 nitrogen and oxygen atoms in total. The molecule has 1 rings (SSSR count). The van der Waals surface area contributed by atoms with Gasteiger partial charge < -0.3 is 5.73 Å². The molecule has 1 aromatic carbocycles. The fourth-order valence-electron chi connectivity index (χ4n) is 2.33. The summed E-state index contributed by atoms with van der Waals surface area (Å²) in [5.74, 6) is 1.20. The van der Waals surface area contributed by atoms with Gasteiger partial charge in [-0.1, -0.05) is 51.0 Å². The van der Waals surface area contributed by atoms with Crippen LogP contribution in [0, 0.1) is 12.8 Å². The zero-order valence-electron chi connectivity index (χ0n) is 10.2. The molecule has 1 aromatic rings. The van der Waals surface area contributed by atoms with E-state index in [0.717, 1.165) is 6.54 Å². The number of hydrogen-bond acceptors (Lipinski definition) is 1. The van der Waals surface area contributed by atoms with Gasteiger partial charge in [0.15, 0.2) is 0 Å². The van der Waals surface area contributed by atoms with Gasteiger partial charge in [0.25, 0.3) is 0 Å². The van der Waals surface area contributed by atoms with Crippen LogP contribution in [0.5, 0.6) is 0 Å². The first-order valence-electron chi connectivity index (χ1n) is 5.96. The molecule has 2 atom stereocenters. The minimum absolute atomic E-state index is 0.520. The molecule has 0 fully saturated rings. The molecule has 0 aliphatic carbocycles. The van der Waals surface area contributed by atoms with Crippen molar-refractivity contribution >= 4 is 0 Å². The molecule has 0 radical (unpaired) electrons. The van der Waals surface area contributed by atoms with Crippen molar-refractivity contribution in [3.05, 3.63) is 35.4 Å². The monoisotopic (exact) mass is 205 g/mol. The lowest BCUT2D eigenvalue weighted by Crippen LogP contribution is -2.20. The third kappa shape index (κ3) is 3.07.